The second-order valence-corrected chi connectivity index (χ2v) is 5.29. The van der Waals surface area contributed by atoms with Crippen LogP contribution in [-0.4, -0.2) is 25.0 Å². The normalized spacial score (nSPS) is 23.4. The van der Waals surface area contributed by atoms with E-state index in [1.165, 1.54) is 12.8 Å². The highest BCUT2D eigenvalue weighted by Crippen LogP contribution is 2.29. The van der Waals surface area contributed by atoms with E-state index in [1.54, 1.807) is 12.1 Å². The quantitative estimate of drug-likeness (QED) is 0.867. The first-order valence-electron chi connectivity index (χ1n) is 7.02. The third-order valence-electron chi connectivity index (χ3n) is 4.16. The molecule has 0 saturated carbocycles. The molecule has 2 unspecified atom stereocenters. The molecule has 1 amide bonds. The van der Waals surface area contributed by atoms with Gasteiger partial charge in [-0.2, -0.15) is 0 Å². The molecule has 1 aliphatic rings. The summed E-state index contributed by atoms with van der Waals surface area (Å²) in [6.45, 7) is 3.96. The molecule has 0 aliphatic carbocycles. The number of nitrogens with zero attached hydrogens (tertiary/aromatic N) is 1. The summed E-state index contributed by atoms with van der Waals surface area (Å²) in [5, 5.41) is 0. The number of primary amides is 1. The number of benzene rings is 1. The number of amides is 1. The maximum absolute atomic E-state index is 11.1. The molecule has 0 aromatic heterocycles. The van der Waals surface area contributed by atoms with Crippen molar-refractivity contribution in [3.05, 3.63) is 29.8 Å². The van der Waals surface area contributed by atoms with Gasteiger partial charge >= 0.3 is 0 Å². The van der Waals surface area contributed by atoms with Gasteiger partial charge in [0.1, 0.15) is 0 Å². The highest BCUT2D eigenvalue weighted by Gasteiger charge is 2.26. The van der Waals surface area contributed by atoms with E-state index in [-0.39, 0.29) is 5.91 Å². The Morgan fingerprint density at radius 1 is 1.37 bits per heavy atom. The topological polar surface area (TPSA) is 72.3 Å². The van der Waals surface area contributed by atoms with E-state index in [2.05, 4.69) is 11.8 Å². The van der Waals surface area contributed by atoms with Gasteiger partial charge in [0.25, 0.3) is 0 Å². The summed E-state index contributed by atoms with van der Waals surface area (Å²) in [7, 11) is 0. The van der Waals surface area contributed by atoms with Crippen molar-refractivity contribution in [1.29, 1.82) is 0 Å². The SMILES string of the molecule is CCC1CCN(c2ccc(C(N)=O)cc2)C(CN)C1. The van der Waals surface area contributed by atoms with Gasteiger partial charge in [-0.3, -0.25) is 4.79 Å². The van der Waals surface area contributed by atoms with Crippen molar-refractivity contribution in [2.75, 3.05) is 18.0 Å². The summed E-state index contributed by atoms with van der Waals surface area (Å²) in [6, 6.07) is 7.91. The zero-order valence-electron chi connectivity index (χ0n) is 11.5. The molecule has 1 aromatic carbocycles. The molecule has 1 fully saturated rings. The van der Waals surface area contributed by atoms with E-state index < -0.39 is 0 Å². The summed E-state index contributed by atoms with van der Waals surface area (Å²) in [5.74, 6) is 0.404. The molecule has 1 aromatic rings. The first-order valence-corrected chi connectivity index (χ1v) is 7.02. The Hall–Kier alpha value is -1.55. The lowest BCUT2D eigenvalue weighted by atomic mass is 9.88. The van der Waals surface area contributed by atoms with Gasteiger partial charge < -0.3 is 16.4 Å². The molecule has 104 valence electrons. The predicted molar refractivity (Wildman–Crippen MR) is 78.2 cm³/mol. The second-order valence-electron chi connectivity index (χ2n) is 5.29. The molecule has 4 N–H and O–H groups in total. The van der Waals surface area contributed by atoms with Crippen LogP contribution in [0.15, 0.2) is 24.3 Å². The van der Waals surface area contributed by atoms with E-state index in [9.17, 15) is 4.79 Å². The van der Waals surface area contributed by atoms with Crippen molar-refractivity contribution in [2.24, 2.45) is 17.4 Å². The van der Waals surface area contributed by atoms with Crippen LogP contribution in [0.1, 0.15) is 36.5 Å². The van der Waals surface area contributed by atoms with Gasteiger partial charge in [-0.15, -0.1) is 0 Å². The van der Waals surface area contributed by atoms with Crippen molar-refractivity contribution in [3.8, 4) is 0 Å². The Balaban J connectivity index is 2.13. The van der Waals surface area contributed by atoms with Crippen LogP contribution in [0.3, 0.4) is 0 Å². The zero-order chi connectivity index (χ0) is 13.8. The molecule has 0 radical (unpaired) electrons. The lowest BCUT2D eigenvalue weighted by Gasteiger charge is -2.40. The van der Waals surface area contributed by atoms with E-state index in [1.807, 2.05) is 12.1 Å². The monoisotopic (exact) mass is 261 g/mol. The van der Waals surface area contributed by atoms with Gasteiger partial charge in [0, 0.05) is 30.4 Å². The van der Waals surface area contributed by atoms with Crippen LogP contribution in [0.2, 0.25) is 0 Å². The minimum Gasteiger partial charge on any atom is -0.367 e. The fourth-order valence-corrected chi connectivity index (χ4v) is 2.89. The van der Waals surface area contributed by atoms with E-state index in [0.29, 0.717) is 18.2 Å². The van der Waals surface area contributed by atoms with Crippen LogP contribution in [0.5, 0.6) is 0 Å². The largest absolute Gasteiger partial charge is 0.367 e. The van der Waals surface area contributed by atoms with Crippen LogP contribution in [0.4, 0.5) is 5.69 Å². The van der Waals surface area contributed by atoms with Crippen molar-refractivity contribution < 1.29 is 4.79 Å². The van der Waals surface area contributed by atoms with Crippen molar-refractivity contribution in [2.45, 2.75) is 32.2 Å². The molecule has 1 saturated heterocycles. The van der Waals surface area contributed by atoms with Gasteiger partial charge in [0.15, 0.2) is 0 Å². The smallest absolute Gasteiger partial charge is 0.248 e. The highest BCUT2D eigenvalue weighted by molar-refractivity contribution is 5.93. The number of piperidine rings is 1. The van der Waals surface area contributed by atoms with Crippen molar-refractivity contribution in [1.82, 2.24) is 0 Å². The molecular formula is C15H23N3O. The average molecular weight is 261 g/mol. The van der Waals surface area contributed by atoms with Gasteiger partial charge in [0.05, 0.1) is 0 Å². The van der Waals surface area contributed by atoms with Crippen LogP contribution in [0.25, 0.3) is 0 Å². The lowest BCUT2D eigenvalue weighted by molar-refractivity contribution is 0.100. The standard InChI is InChI=1S/C15H23N3O/c1-2-11-7-8-18(14(9-11)10-16)13-5-3-12(4-6-13)15(17)19/h3-6,11,14H,2,7-10,16H2,1H3,(H2,17,19). The van der Waals surface area contributed by atoms with Crippen LogP contribution < -0.4 is 16.4 Å². The van der Waals surface area contributed by atoms with Crippen LogP contribution in [-0.2, 0) is 0 Å². The number of nitrogens with two attached hydrogens (primary N) is 2. The summed E-state index contributed by atoms with van der Waals surface area (Å²) >= 11 is 0. The highest BCUT2D eigenvalue weighted by atomic mass is 16.1. The van der Waals surface area contributed by atoms with Gasteiger partial charge in [-0.1, -0.05) is 13.3 Å². The number of carbonyl (C=O) groups excluding carboxylic acids is 1. The van der Waals surface area contributed by atoms with Crippen molar-refractivity contribution >= 4 is 11.6 Å². The minimum atomic E-state index is -0.383. The third kappa shape index (κ3) is 3.07. The predicted octanol–water partition coefficient (Wildman–Crippen LogP) is 1.74. The first kappa shape index (κ1) is 13.9. The summed E-state index contributed by atoms with van der Waals surface area (Å²) in [4.78, 5) is 13.4. The molecule has 2 rings (SSSR count). The Bertz CT molecular complexity index is 430. The van der Waals surface area contributed by atoms with E-state index in [0.717, 1.165) is 24.6 Å². The summed E-state index contributed by atoms with van der Waals surface area (Å²) < 4.78 is 0. The number of hydrogen-bond donors (Lipinski definition) is 2. The summed E-state index contributed by atoms with van der Waals surface area (Å²) in [6.07, 6.45) is 3.60. The molecule has 1 heterocycles. The molecule has 0 spiro atoms. The van der Waals surface area contributed by atoms with Crippen molar-refractivity contribution in [3.63, 3.8) is 0 Å². The van der Waals surface area contributed by atoms with E-state index >= 15 is 0 Å². The number of anilines is 1. The number of hydrogen-bond acceptors (Lipinski definition) is 3. The molecule has 4 nitrogen and oxygen atoms in total. The van der Waals surface area contributed by atoms with Gasteiger partial charge in [-0.05, 0) is 43.0 Å². The zero-order valence-corrected chi connectivity index (χ0v) is 11.5. The maximum Gasteiger partial charge on any atom is 0.248 e. The first-order chi connectivity index (χ1) is 9.15. The van der Waals surface area contributed by atoms with Crippen LogP contribution in [0, 0.1) is 5.92 Å². The fourth-order valence-electron chi connectivity index (χ4n) is 2.89. The molecular weight excluding hydrogens is 238 g/mol. The lowest BCUT2D eigenvalue weighted by Crippen LogP contribution is -2.46. The molecule has 2 atom stereocenters. The average Bonchev–Trinajstić information content (AvgIpc) is 2.46. The van der Waals surface area contributed by atoms with E-state index in [4.69, 9.17) is 11.5 Å². The Kier molecular flexibility index (Phi) is 4.43. The fraction of sp³-hybridized carbons (Fsp3) is 0.533. The molecule has 19 heavy (non-hydrogen) atoms. The second kappa shape index (κ2) is 6.06. The summed E-state index contributed by atoms with van der Waals surface area (Å²) in [5.41, 5.74) is 12.9. The van der Waals surface area contributed by atoms with Gasteiger partial charge in [0.2, 0.25) is 5.91 Å². The molecule has 1 aliphatic heterocycles. The molecule has 0 bridgehead atoms. The Morgan fingerprint density at radius 3 is 2.58 bits per heavy atom. The number of rotatable bonds is 4. The van der Waals surface area contributed by atoms with Gasteiger partial charge in [-0.25, -0.2) is 0 Å². The minimum absolute atomic E-state index is 0.383. The third-order valence-corrected chi connectivity index (χ3v) is 4.16. The van der Waals surface area contributed by atoms with Crippen LogP contribution >= 0.6 is 0 Å². The Labute approximate surface area is 114 Å². The Morgan fingerprint density at radius 2 is 2.05 bits per heavy atom. The maximum atomic E-state index is 11.1. The molecule has 4 heteroatoms. The number of carbonyl (C=O) groups is 1.